The van der Waals surface area contributed by atoms with Crippen molar-refractivity contribution in [2.75, 3.05) is 18.0 Å². The Hall–Kier alpha value is -2.08. The van der Waals surface area contributed by atoms with E-state index in [0.29, 0.717) is 11.4 Å². The van der Waals surface area contributed by atoms with Gasteiger partial charge in [-0.3, -0.25) is 4.79 Å². The standard InChI is InChI=1S/C14H16N2O4/c17-13(9-4-3-7-15-9)16-8-12(14(18)19)20-11-6-2-1-5-10(11)16/h1-2,5-6,9,12,15H,3-4,7-8H2,(H,18,19). The van der Waals surface area contributed by atoms with Gasteiger partial charge in [0.2, 0.25) is 12.0 Å². The Kier molecular flexibility index (Phi) is 3.31. The Morgan fingerprint density at radius 1 is 1.35 bits per heavy atom. The number of amides is 1. The quantitative estimate of drug-likeness (QED) is 0.827. The van der Waals surface area contributed by atoms with Crippen LogP contribution in [0.4, 0.5) is 5.69 Å². The number of fused-ring (bicyclic) bond motifs is 1. The van der Waals surface area contributed by atoms with E-state index in [4.69, 9.17) is 9.84 Å². The number of benzene rings is 1. The molecule has 1 aromatic carbocycles. The number of ether oxygens (including phenoxy) is 1. The SMILES string of the molecule is O=C(O)C1CN(C(=O)C2CCCN2)c2ccccc2O1. The molecule has 3 rings (SSSR count). The van der Waals surface area contributed by atoms with E-state index >= 15 is 0 Å². The zero-order valence-electron chi connectivity index (χ0n) is 10.9. The molecule has 0 spiro atoms. The molecule has 0 bridgehead atoms. The van der Waals surface area contributed by atoms with Gasteiger partial charge in [-0.2, -0.15) is 0 Å². The Balaban J connectivity index is 1.91. The molecule has 1 aromatic rings. The third kappa shape index (κ3) is 2.22. The van der Waals surface area contributed by atoms with E-state index in [9.17, 15) is 9.59 Å². The smallest absolute Gasteiger partial charge is 0.346 e. The Morgan fingerprint density at radius 3 is 2.85 bits per heavy atom. The van der Waals surface area contributed by atoms with E-state index in [2.05, 4.69) is 5.32 Å². The molecule has 2 aliphatic heterocycles. The van der Waals surface area contributed by atoms with Crippen LogP contribution in [0.3, 0.4) is 0 Å². The summed E-state index contributed by atoms with van der Waals surface area (Å²) in [5.41, 5.74) is 0.642. The van der Waals surface area contributed by atoms with Gasteiger partial charge in [0.1, 0.15) is 5.75 Å². The van der Waals surface area contributed by atoms with Crippen molar-refractivity contribution in [3.63, 3.8) is 0 Å². The van der Waals surface area contributed by atoms with Gasteiger partial charge in [-0.1, -0.05) is 12.1 Å². The summed E-state index contributed by atoms with van der Waals surface area (Å²) >= 11 is 0. The molecule has 0 aromatic heterocycles. The lowest BCUT2D eigenvalue weighted by atomic mass is 10.1. The van der Waals surface area contributed by atoms with E-state index in [1.54, 1.807) is 18.2 Å². The average Bonchev–Trinajstić information content (AvgIpc) is 2.99. The highest BCUT2D eigenvalue weighted by molar-refractivity contribution is 6.00. The van der Waals surface area contributed by atoms with Crippen LogP contribution in [0.15, 0.2) is 24.3 Å². The lowest BCUT2D eigenvalue weighted by molar-refractivity contribution is -0.145. The number of hydrogen-bond acceptors (Lipinski definition) is 4. The summed E-state index contributed by atoms with van der Waals surface area (Å²) in [6, 6.07) is 6.81. The number of aliphatic carboxylic acids is 1. The van der Waals surface area contributed by atoms with Gasteiger partial charge in [0, 0.05) is 0 Å². The van der Waals surface area contributed by atoms with Gasteiger partial charge in [0.15, 0.2) is 0 Å². The second-order valence-corrected chi connectivity index (χ2v) is 5.01. The zero-order valence-corrected chi connectivity index (χ0v) is 10.9. The van der Waals surface area contributed by atoms with E-state index < -0.39 is 12.1 Å². The third-order valence-corrected chi connectivity index (χ3v) is 3.67. The topological polar surface area (TPSA) is 78.9 Å². The van der Waals surface area contributed by atoms with Crippen LogP contribution >= 0.6 is 0 Å². The molecule has 6 nitrogen and oxygen atoms in total. The first-order valence-electron chi connectivity index (χ1n) is 6.70. The largest absolute Gasteiger partial charge is 0.478 e. The second kappa shape index (κ2) is 5.13. The fourth-order valence-corrected chi connectivity index (χ4v) is 2.66. The molecule has 2 N–H and O–H groups in total. The number of rotatable bonds is 2. The van der Waals surface area contributed by atoms with Crippen LogP contribution in [0.2, 0.25) is 0 Å². The van der Waals surface area contributed by atoms with Crippen LogP contribution in [-0.4, -0.2) is 42.2 Å². The highest BCUT2D eigenvalue weighted by atomic mass is 16.5. The molecule has 0 radical (unpaired) electrons. The maximum atomic E-state index is 12.5. The predicted octanol–water partition coefficient (Wildman–Crippen LogP) is 0.617. The van der Waals surface area contributed by atoms with E-state index in [0.717, 1.165) is 19.4 Å². The summed E-state index contributed by atoms with van der Waals surface area (Å²) in [5, 5.41) is 12.3. The molecule has 0 saturated carbocycles. The van der Waals surface area contributed by atoms with Gasteiger partial charge in [-0.25, -0.2) is 4.79 Å². The predicted molar refractivity (Wildman–Crippen MR) is 71.9 cm³/mol. The van der Waals surface area contributed by atoms with Gasteiger partial charge >= 0.3 is 5.97 Å². The summed E-state index contributed by atoms with van der Waals surface area (Å²) in [7, 11) is 0. The lowest BCUT2D eigenvalue weighted by Gasteiger charge is -2.34. The number of para-hydroxylation sites is 2. The first-order chi connectivity index (χ1) is 9.66. The lowest BCUT2D eigenvalue weighted by Crippen LogP contribution is -2.51. The number of carbonyl (C=O) groups excluding carboxylic acids is 1. The fourth-order valence-electron chi connectivity index (χ4n) is 2.66. The van der Waals surface area contributed by atoms with Crippen LogP contribution in [0.5, 0.6) is 5.75 Å². The van der Waals surface area contributed by atoms with Crippen molar-refractivity contribution in [2.45, 2.75) is 25.0 Å². The van der Waals surface area contributed by atoms with Gasteiger partial charge in [0.05, 0.1) is 18.3 Å². The molecule has 2 unspecified atom stereocenters. The Bertz CT molecular complexity index is 540. The highest BCUT2D eigenvalue weighted by Crippen LogP contribution is 2.34. The molecule has 2 aliphatic rings. The number of carboxylic acid groups (broad SMARTS) is 1. The zero-order chi connectivity index (χ0) is 14.1. The second-order valence-electron chi connectivity index (χ2n) is 5.01. The summed E-state index contributed by atoms with van der Waals surface area (Å²) in [6.07, 6.45) is 0.733. The van der Waals surface area contributed by atoms with Crippen molar-refractivity contribution in [3.05, 3.63) is 24.3 Å². The summed E-state index contributed by atoms with van der Waals surface area (Å²) in [4.78, 5) is 25.2. The van der Waals surface area contributed by atoms with Crippen molar-refractivity contribution in [1.82, 2.24) is 5.32 Å². The van der Waals surface area contributed by atoms with Crippen molar-refractivity contribution < 1.29 is 19.4 Å². The minimum atomic E-state index is -1.06. The van der Waals surface area contributed by atoms with Crippen molar-refractivity contribution in [1.29, 1.82) is 0 Å². The van der Waals surface area contributed by atoms with Crippen molar-refractivity contribution in [2.24, 2.45) is 0 Å². The average molecular weight is 276 g/mol. The van der Waals surface area contributed by atoms with Gasteiger partial charge in [-0.05, 0) is 31.5 Å². The number of anilines is 1. The maximum Gasteiger partial charge on any atom is 0.346 e. The molecule has 1 saturated heterocycles. The minimum Gasteiger partial charge on any atom is -0.478 e. The van der Waals surface area contributed by atoms with E-state index in [-0.39, 0.29) is 18.5 Å². The minimum absolute atomic E-state index is 0.0450. The van der Waals surface area contributed by atoms with Crippen LogP contribution in [0.1, 0.15) is 12.8 Å². The molecule has 6 heteroatoms. The molecule has 1 amide bonds. The molecular weight excluding hydrogens is 260 g/mol. The fraction of sp³-hybridized carbons (Fsp3) is 0.429. The Morgan fingerprint density at radius 2 is 2.15 bits per heavy atom. The normalized spacial score (nSPS) is 24.9. The van der Waals surface area contributed by atoms with Crippen molar-refractivity contribution in [3.8, 4) is 5.75 Å². The molecule has 106 valence electrons. The highest BCUT2D eigenvalue weighted by Gasteiger charge is 2.36. The van der Waals surface area contributed by atoms with Gasteiger partial charge < -0.3 is 20.1 Å². The number of nitrogens with zero attached hydrogens (tertiary/aromatic N) is 1. The van der Waals surface area contributed by atoms with E-state index in [1.165, 1.54) is 4.90 Å². The summed E-state index contributed by atoms with van der Waals surface area (Å²) < 4.78 is 5.42. The van der Waals surface area contributed by atoms with Crippen LogP contribution in [0.25, 0.3) is 0 Å². The van der Waals surface area contributed by atoms with Crippen LogP contribution in [-0.2, 0) is 9.59 Å². The monoisotopic (exact) mass is 276 g/mol. The van der Waals surface area contributed by atoms with Gasteiger partial charge in [-0.15, -0.1) is 0 Å². The molecule has 0 aliphatic carbocycles. The summed E-state index contributed by atoms with van der Waals surface area (Å²) in [5.74, 6) is -0.696. The number of hydrogen-bond donors (Lipinski definition) is 2. The number of carboxylic acids is 1. The number of carbonyl (C=O) groups is 2. The molecule has 1 fully saturated rings. The molecule has 2 atom stereocenters. The van der Waals surface area contributed by atoms with E-state index in [1.807, 2.05) is 6.07 Å². The first-order valence-corrected chi connectivity index (χ1v) is 6.70. The third-order valence-electron chi connectivity index (χ3n) is 3.67. The molecule has 20 heavy (non-hydrogen) atoms. The maximum absolute atomic E-state index is 12.5. The van der Waals surface area contributed by atoms with Crippen molar-refractivity contribution >= 4 is 17.6 Å². The van der Waals surface area contributed by atoms with Gasteiger partial charge in [0.25, 0.3) is 0 Å². The number of nitrogens with one attached hydrogen (secondary N) is 1. The first kappa shape index (κ1) is 12.9. The molecular formula is C14H16N2O4. The van der Waals surface area contributed by atoms with Crippen LogP contribution in [0, 0.1) is 0 Å². The summed E-state index contributed by atoms with van der Waals surface area (Å²) in [6.45, 7) is 0.869. The molecule has 2 heterocycles. The van der Waals surface area contributed by atoms with Crippen LogP contribution < -0.4 is 15.0 Å². The Labute approximate surface area is 116 Å².